The lowest BCUT2D eigenvalue weighted by atomic mass is 9.92. The van der Waals surface area contributed by atoms with Crippen LogP contribution >= 0.6 is 0 Å². The Bertz CT molecular complexity index is 651. The summed E-state index contributed by atoms with van der Waals surface area (Å²) in [6.07, 6.45) is -0.156. The van der Waals surface area contributed by atoms with Gasteiger partial charge in [0.15, 0.2) is 0 Å². The van der Waals surface area contributed by atoms with Crippen molar-refractivity contribution in [3.05, 3.63) is 35.9 Å². The van der Waals surface area contributed by atoms with Crippen molar-refractivity contribution in [3.8, 4) is 0 Å². The lowest BCUT2D eigenvalue weighted by molar-refractivity contribution is -0.133. The van der Waals surface area contributed by atoms with E-state index in [0.717, 1.165) is 0 Å². The first-order valence-electron chi connectivity index (χ1n) is 6.38. The van der Waals surface area contributed by atoms with Gasteiger partial charge in [0.25, 0.3) is 10.1 Å². The van der Waals surface area contributed by atoms with Crippen LogP contribution in [0.4, 0.5) is 0 Å². The maximum absolute atomic E-state index is 12.1. The van der Waals surface area contributed by atoms with Crippen LogP contribution in [0.3, 0.4) is 0 Å². The number of Topliss-reactive ketones (excluding diaryl/α,β-unsaturated/α-hetero) is 2. The van der Waals surface area contributed by atoms with Crippen LogP contribution in [0.1, 0.15) is 31.7 Å². The molecule has 1 aromatic carbocycles. The second-order valence-corrected chi connectivity index (χ2v) is 6.25. The molecule has 114 valence electrons. The number of rotatable bonds is 7. The molecular formula is C14H17NO5S. The summed E-state index contributed by atoms with van der Waals surface area (Å²) in [6, 6.07) is 8.51. The van der Waals surface area contributed by atoms with E-state index in [1.54, 1.807) is 30.3 Å². The monoisotopic (exact) mass is 311 g/mol. The minimum atomic E-state index is -4.58. The molecule has 21 heavy (non-hydrogen) atoms. The molecule has 0 aliphatic carbocycles. The molecule has 0 radical (unpaired) electrons. The van der Waals surface area contributed by atoms with Gasteiger partial charge < -0.3 is 0 Å². The van der Waals surface area contributed by atoms with Crippen LogP contribution in [0.25, 0.3) is 0 Å². The van der Waals surface area contributed by atoms with Crippen molar-refractivity contribution in [2.75, 3.05) is 0 Å². The van der Waals surface area contributed by atoms with Crippen LogP contribution in [0.5, 0.6) is 0 Å². The number of nitrogens with one attached hydrogen (secondary N) is 1. The lowest BCUT2D eigenvalue weighted by Gasteiger charge is -2.14. The number of hydrogen-bond donors (Lipinski definition) is 2. The Morgan fingerprint density at radius 2 is 1.76 bits per heavy atom. The molecule has 0 bridgehead atoms. The Kier molecular flexibility index (Phi) is 5.51. The summed E-state index contributed by atoms with van der Waals surface area (Å²) in [5.74, 6) is -2.83. The van der Waals surface area contributed by atoms with Gasteiger partial charge in [0.05, 0.1) is 0 Å². The fourth-order valence-corrected chi connectivity index (χ4v) is 2.76. The summed E-state index contributed by atoms with van der Waals surface area (Å²) in [6.45, 7) is 2.92. The summed E-state index contributed by atoms with van der Waals surface area (Å²) < 4.78 is 31.2. The van der Waals surface area contributed by atoms with Gasteiger partial charge in [-0.15, -0.1) is 0 Å². The van der Waals surface area contributed by atoms with E-state index in [1.165, 1.54) is 13.8 Å². The quantitative estimate of drug-likeness (QED) is 0.451. The molecule has 0 heterocycles. The van der Waals surface area contributed by atoms with E-state index in [-0.39, 0.29) is 6.42 Å². The minimum Gasteiger partial charge on any atom is -0.300 e. The summed E-state index contributed by atoms with van der Waals surface area (Å²) in [5.41, 5.74) is -0.295. The first-order valence-corrected chi connectivity index (χ1v) is 7.88. The van der Waals surface area contributed by atoms with Gasteiger partial charge >= 0.3 is 0 Å². The average Bonchev–Trinajstić information content (AvgIpc) is 2.45. The van der Waals surface area contributed by atoms with Crippen molar-refractivity contribution in [3.63, 3.8) is 0 Å². The van der Waals surface area contributed by atoms with E-state index >= 15 is 0 Å². The van der Waals surface area contributed by atoms with Crippen LogP contribution in [-0.2, 0) is 19.7 Å². The summed E-state index contributed by atoms with van der Waals surface area (Å²) in [4.78, 5) is 24.0. The zero-order valence-corrected chi connectivity index (χ0v) is 12.6. The van der Waals surface area contributed by atoms with Crippen LogP contribution in [0, 0.1) is 5.41 Å². The average molecular weight is 311 g/mol. The van der Waals surface area contributed by atoms with Crippen molar-refractivity contribution in [2.24, 2.45) is 0 Å². The number of carbonyl (C=O) groups is 2. The van der Waals surface area contributed by atoms with Crippen LogP contribution < -0.4 is 0 Å². The molecule has 1 rings (SSSR count). The van der Waals surface area contributed by atoms with Crippen molar-refractivity contribution < 1.29 is 22.6 Å². The molecule has 0 aliphatic heterocycles. The fraction of sp³-hybridized carbons (Fsp3) is 0.357. The highest BCUT2D eigenvalue weighted by molar-refractivity contribution is 7.87. The smallest absolute Gasteiger partial charge is 0.273 e. The molecule has 1 unspecified atom stereocenters. The maximum atomic E-state index is 12.1. The molecular weight excluding hydrogens is 294 g/mol. The Balaban J connectivity index is 2.98. The molecule has 0 amide bonds. The van der Waals surface area contributed by atoms with Crippen LogP contribution in [0.2, 0.25) is 0 Å². The molecule has 0 spiro atoms. The number of ketones is 2. The normalized spacial score (nSPS) is 14.2. The van der Waals surface area contributed by atoms with Crippen LogP contribution in [-0.4, -0.2) is 35.5 Å². The predicted molar refractivity (Wildman–Crippen MR) is 78.2 cm³/mol. The maximum Gasteiger partial charge on any atom is 0.273 e. The minimum absolute atomic E-state index is 0.156. The largest absolute Gasteiger partial charge is 0.300 e. The Labute approximate surface area is 123 Å². The van der Waals surface area contributed by atoms with E-state index < -0.39 is 38.6 Å². The molecule has 2 atom stereocenters. The highest BCUT2D eigenvalue weighted by atomic mass is 32.2. The van der Waals surface area contributed by atoms with Gasteiger partial charge in [0.1, 0.15) is 11.0 Å². The summed E-state index contributed by atoms with van der Waals surface area (Å²) in [7, 11) is -4.58. The third-order valence-corrected chi connectivity index (χ3v) is 4.50. The van der Waals surface area contributed by atoms with Crippen molar-refractivity contribution in [1.29, 1.82) is 5.41 Å². The highest BCUT2D eigenvalue weighted by Crippen LogP contribution is 2.17. The number of carbonyl (C=O) groups excluding carboxylic acids is 2. The third-order valence-electron chi connectivity index (χ3n) is 3.21. The standard InChI is InChI=1S/C14H17NO5S/c1-3-11(21(18,19)20)12(15)14(17)13(16)9(2)10-7-5-4-6-8-10/h4-9,11,15H,3H2,1-2H3,(H,18,19,20)/t9?,11-/m0/s1. The SMILES string of the molecule is CC[C@@H](C(=N)C(=O)C(=O)C(C)c1ccccc1)S(=O)(=O)O. The lowest BCUT2D eigenvalue weighted by Crippen LogP contribution is -2.39. The molecule has 6 nitrogen and oxygen atoms in total. The summed E-state index contributed by atoms with van der Waals surface area (Å²) >= 11 is 0. The van der Waals surface area contributed by atoms with Gasteiger partial charge in [-0.3, -0.25) is 19.6 Å². The van der Waals surface area contributed by atoms with E-state index in [2.05, 4.69) is 0 Å². The van der Waals surface area contributed by atoms with Gasteiger partial charge in [-0.2, -0.15) is 8.42 Å². The molecule has 7 heteroatoms. The molecule has 0 saturated heterocycles. The van der Waals surface area contributed by atoms with E-state index in [9.17, 15) is 18.0 Å². The number of hydrogen-bond acceptors (Lipinski definition) is 5. The van der Waals surface area contributed by atoms with Gasteiger partial charge in [0, 0.05) is 5.92 Å². The van der Waals surface area contributed by atoms with Crippen LogP contribution in [0.15, 0.2) is 30.3 Å². The number of benzene rings is 1. The second kappa shape index (κ2) is 6.73. The molecule has 1 aromatic rings. The Morgan fingerprint density at radius 1 is 1.24 bits per heavy atom. The van der Waals surface area contributed by atoms with Crippen molar-refractivity contribution in [1.82, 2.24) is 0 Å². The third kappa shape index (κ3) is 4.05. The Hall–Kier alpha value is -1.86. The van der Waals surface area contributed by atoms with E-state index in [4.69, 9.17) is 9.96 Å². The summed E-state index contributed by atoms with van der Waals surface area (Å²) in [5, 5.41) is 5.91. The molecule has 0 fully saturated rings. The molecule has 0 aliphatic rings. The highest BCUT2D eigenvalue weighted by Gasteiger charge is 2.35. The van der Waals surface area contributed by atoms with Gasteiger partial charge in [0.2, 0.25) is 11.6 Å². The van der Waals surface area contributed by atoms with Gasteiger partial charge in [-0.1, -0.05) is 44.2 Å². The van der Waals surface area contributed by atoms with E-state index in [1.807, 2.05) is 0 Å². The Morgan fingerprint density at radius 3 is 2.19 bits per heavy atom. The zero-order valence-electron chi connectivity index (χ0n) is 11.7. The molecule has 2 N–H and O–H groups in total. The van der Waals surface area contributed by atoms with Gasteiger partial charge in [-0.25, -0.2) is 0 Å². The predicted octanol–water partition coefficient (Wildman–Crippen LogP) is 1.61. The zero-order chi connectivity index (χ0) is 16.2. The topological polar surface area (TPSA) is 112 Å². The fourth-order valence-electron chi connectivity index (χ4n) is 1.93. The molecule has 0 aromatic heterocycles. The van der Waals surface area contributed by atoms with E-state index in [0.29, 0.717) is 5.56 Å². The first-order chi connectivity index (χ1) is 9.70. The first kappa shape index (κ1) is 17.2. The van der Waals surface area contributed by atoms with Crippen molar-refractivity contribution >= 4 is 27.4 Å². The van der Waals surface area contributed by atoms with Gasteiger partial charge in [-0.05, 0) is 12.0 Å². The molecule has 0 saturated carbocycles. The van der Waals surface area contributed by atoms with Crippen molar-refractivity contribution in [2.45, 2.75) is 31.4 Å². The second-order valence-electron chi connectivity index (χ2n) is 4.65.